The number of hydrogen-bond donors (Lipinski definition) is 0. The maximum Gasteiger partial charge on any atom is 0.221 e. The zero-order valence-corrected chi connectivity index (χ0v) is 5.68. The van der Waals surface area contributed by atoms with Crippen molar-refractivity contribution >= 4 is 11.9 Å². The molecule has 0 amide bonds. The summed E-state index contributed by atoms with van der Waals surface area (Å²) in [6.07, 6.45) is 0. The Balaban J connectivity index is 0. The molecule has 0 aromatic rings. The Bertz CT molecular complexity index is 88.7. The second kappa shape index (κ2) is 7.23. The van der Waals surface area contributed by atoms with Crippen LogP contribution in [0.4, 0.5) is 0 Å². The molecule has 9 heavy (non-hydrogen) atoms. The van der Waals surface area contributed by atoms with E-state index in [-0.39, 0.29) is 0 Å². The smallest absolute Gasteiger partial charge is 0.221 e. The van der Waals surface area contributed by atoms with Crippen molar-refractivity contribution in [3.63, 3.8) is 0 Å². The standard InChI is InChI=1S/C2H7Cl.C2H2O4/c1-2-3;3-1(4)2(5)6/h2-3H2,1H3;(H,3,4)(H,5,6)/q+2;/p-2. The van der Waals surface area contributed by atoms with Gasteiger partial charge in [-0.15, -0.1) is 0 Å². The number of carbonyl (C=O) groups excluding carboxylic acids is 2. The molecule has 4 nitrogen and oxygen atoms in total. The molecular weight excluding hydrogens is 147 g/mol. The molecule has 0 aromatic carbocycles. The fourth-order valence-electron chi connectivity index (χ4n) is 0. The molecule has 0 aliphatic heterocycles. The quantitative estimate of drug-likeness (QED) is 0.268. The monoisotopic (exact) mass is 154 g/mol. The molecule has 0 saturated heterocycles. The summed E-state index contributed by atoms with van der Waals surface area (Å²) in [5.41, 5.74) is 0. The fraction of sp³-hybridized carbons (Fsp3) is 0.500. The Morgan fingerprint density at radius 1 is 1.33 bits per heavy atom. The van der Waals surface area contributed by atoms with E-state index in [2.05, 4.69) is 11.6 Å². The van der Waals surface area contributed by atoms with Crippen molar-refractivity contribution < 1.29 is 31.4 Å². The number of alkyl halides is 1. The maximum atomic E-state index is 8.93. The van der Waals surface area contributed by atoms with Crippen molar-refractivity contribution in [3.8, 4) is 0 Å². The average Bonchev–Trinajstić information content (AvgIpc) is 1.68. The molecule has 0 rings (SSSR count). The van der Waals surface area contributed by atoms with E-state index in [9.17, 15) is 0 Å². The van der Waals surface area contributed by atoms with Crippen LogP contribution in [0.15, 0.2) is 0 Å². The third-order valence-corrected chi connectivity index (χ3v) is 0.167. The molecular formula is C4H7ClO4. The van der Waals surface area contributed by atoms with Gasteiger partial charge in [-0.2, -0.15) is 0 Å². The van der Waals surface area contributed by atoms with E-state index in [0.717, 1.165) is 5.88 Å². The Morgan fingerprint density at radius 3 is 1.44 bits per heavy atom. The van der Waals surface area contributed by atoms with Crippen LogP contribution in [0.1, 0.15) is 6.92 Å². The summed E-state index contributed by atoms with van der Waals surface area (Å²) in [5, 5.41) is 17.9. The molecule has 0 saturated carbocycles. The predicted molar refractivity (Wildman–Crippen MR) is 23.3 cm³/mol. The first-order chi connectivity index (χ1) is 4.06. The topological polar surface area (TPSA) is 80.3 Å². The molecule has 0 N–H and O–H groups in total. The first-order valence-corrected chi connectivity index (χ1v) is 2.72. The highest BCUT2D eigenvalue weighted by Crippen LogP contribution is 1.41. The summed E-state index contributed by atoms with van der Waals surface area (Å²) in [7, 11) is 0. The maximum absolute atomic E-state index is 8.93. The van der Waals surface area contributed by atoms with Crippen molar-refractivity contribution in [2.24, 2.45) is 0 Å². The summed E-state index contributed by atoms with van der Waals surface area (Å²) in [6, 6.07) is 0. The zero-order chi connectivity index (χ0) is 7.86. The Labute approximate surface area is 57.1 Å². The largest absolute Gasteiger partial charge is 0.543 e. The van der Waals surface area contributed by atoms with Crippen LogP contribution >= 0.6 is 0 Å². The van der Waals surface area contributed by atoms with Crippen molar-refractivity contribution in [1.29, 1.82) is 0 Å². The van der Waals surface area contributed by atoms with Crippen molar-refractivity contribution in [3.05, 3.63) is 0 Å². The Kier molecular flexibility index (Phi) is 8.90. The predicted octanol–water partition coefficient (Wildman–Crippen LogP) is -3.49. The minimum Gasteiger partial charge on any atom is -0.543 e. The number of carboxylic acid groups (broad SMARTS) is 2. The molecule has 0 aliphatic rings. The molecule has 0 fully saturated rings. The number of aliphatic carboxylic acids is 2. The molecule has 0 spiro atoms. The van der Waals surface area contributed by atoms with Gasteiger partial charge in [0.05, 0.1) is 11.9 Å². The van der Waals surface area contributed by atoms with E-state index in [1.54, 1.807) is 0 Å². The van der Waals surface area contributed by atoms with Crippen LogP contribution in [-0.2, 0) is 9.59 Å². The summed E-state index contributed by atoms with van der Waals surface area (Å²) in [6.45, 7) is 1.99. The van der Waals surface area contributed by atoms with Gasteiger partial charge < -0.3 is 19.8 Å². The molecule has 0 aliphatic carbocycles. The van der Waals surface area contributed by atoms with Crippen LogP contribution < -0.4 is 10.2 Å². The zero-order valence-electron chi connectivity index (χ0n) is 4.79. The fourth-order valence-corrected chi connectivity index (χ4v) is 0. The molecule has 0 radical (unpaired) electrons. The van der Waals surface area contributed by atoms with Crippen molar-refractivity contribution in [1.82, 2.24) is 0 Å². The minimum atomic E-state index is -2.19. The second-order valence-corrected chi connectivity index (χ2v) is 1.52. The van der Waals surface area contributed by atoms with Crippen LogP contribution in [-0.4, -0.2) is 17.8 Å². The minimum absolute atomic E-state index is 0.944. The third-order valence-electron chi connectivity index (χ3n) is 0.167. The van der Waals surface area contributed by atoms with Gasteiger partial charge in [0.25, 0.3) is 0 Å². The van der Waals surface area contributed by atoms with Crippen LogP contribution in [0, 0.1) is 11.6 Å². The summed E-state index contributed by atoms with van der Waals surface area (Å²) >= 11 is 3.79. The number of rotatable bonds is 0. The molecule has 0 atom stereocenters. The number of halogens is 1. The van der Waals surface area contributed by atoms with Crippen molar-refractivity contribution in [2.75, 3.05) is 5.88 Å². The van der Waals surface area contributed by atoms with Gasteiger partial charge in [0.15, 0.2) is 0 Å². The van der Waals surface area contributed by atoms with Gasteiger partial charge in [0, 0.05) is 6.92 Å². The number of hydrogen-bond acceptors (Lipinski definition) is 4. The van der Waals surface area contributed by atoms with E-state index in [0.29, 0.717) is 0 Å². The lowest BCUT2D eigenvalue weighted by Crippen LogP contribution is -2.42. The highest BCUT2D eigenvalue weighted by atomic mass is 35.5. The summed E-state index contributed by atoms with van der Waals surface area (Å²) < 4.78 is 0. The Hall–Kier alpha value is -0.770. The Morgan fingerprint density at radius 2 is 1.44 bits per heavy atom. The first kappa shape index (κ1) is 11.1. The summed E-state index contributed by atoms with van der Waals surface area (Å²) in [4.78, 5) is 17.9. The van der Waals surface area contributed by atoms with Crippen LogP contribution in [0.25, 0.3) is 0 Å². The second-order valence-electron chi connectivity index (χ2n) is 0.891. The average molecular weight is 155 g/mol. The van der Waals surface area contributed by atoms with E-state index in [4.69, 9.17) is 19.8 Å². The van der Waals surface area contributed by atoms with Gasteiger partial charge in [-0.25, -0.2) is 0 Å². The van der Waals surface area contributed by atoms with E-state index in [1.807, 2.05) is 6.92 Å². The summed E-state index contributed by atoms with van der Waals surface area (Å²) in [5.74, 6) is -3.43. The van der Waals surface area contributed by atoms with Gasteiger partial charge >= 0.3 is 0 Å². The first-order valence-electron chi connectivity index (χ1n) is 2.09. The lowest BCUT2D eigenvalue weighted by Gasteiger charge is -1.97. The van der Waals surface area contributed by atoms with Gasteiger partial charge in [-0.1, -0.05) is 0 Å². The molecule has 54 valence electrons. The van der Waals surface area contributed by atoms with E-state index >= 15 is 0 Å². The number of carbonyl (C=O) groups is 2. The van der Waals surface area contributed by atoms with Gasteiger partial charge in [0.1, 0.15) is 0 Å². The lowest BCUT2D eigenvalue weighted by atomic mass is 10.7. The van der Waals surface area contributed by atoms with E-state index in [1.165, 1.54) is 0 Å². The normalized spacial score (nSPS) is 6.89. The molecule has 0 aromatic heterocycles. The highest BCUT2D eigenvalue weighted by molar-refractivity contribution is 6.25. The number of carboxylic acids is 2. The lowest BCUT2D eigenvalue weighted by molar-refractivity contribution is -0.361. The van der Waals surface area contributed by atoms with Crippen LogP contribution in [0.3, 0.4) is 0 Å². The highest BCUT2D eigenvalue weighted by Gasteiger charge is 1.74. The van der Waals surface area contributed by atoms with Gasteiger partial charge in [-0.05, 0) is 11.6 Å². The van der Waals surface area contributed by atoms with Crippen molar-refractivity contribution in [2.45, 2.75) is 6.92 Å². The molecule has 0 heterocycles. The van der Waals surface area contributed by atoms with E-state index < -0.39 is 11.9 Å². The van der Waals surface area contributed by atoms with Crippen LogP contribution in [0.2, 0.25) is 0 Å². The molecule has 0 unspecified atom stereocenters. The van der Waals surface area contributed by atoms with Crippen LogP contribution in [0.5, 0.6) is 0 Å². The molecule has 5 heteroatoms. The third kappa shape index (κ3) is 19.0. The van der Waals surface area contributed by atoms with Gasteiger partial charge in [0.2, 0.25) is 5.88 Å². The SMILES string of the molecule is CC[ClH2+2].O=C([O-])C(=O)[O-]. The molecule has 0 bridgehead atoms. The van der Waals surface area contributed by atoms with Gasteiger partial charge in [-0.3, -0.25) is 0 Å².